The summed E-state index contributed by atoms with van der Waals surface area (Å²) in [6, 6.07) is 16.5. The molecule has 1 heterocycles. The van der Waals surface area contributed by atoms with Crippen molar-refractivity contribution in [1.82, 2.24) is 4.98 Å². The lowest BCUT2D eigenvalue weighted by Crippen LogP contribution is -2.31. The summed E-state index contributed by atoms with van der Waals surface area (Å²) in [6.45, 7) is 3.54. The molecule has 2 N–H and O–H groups in total. The standard InChI is InChI=1S/C22H22N2O4S/c1-3-15-9-11-16(12-10-15)18-13-29-22(23-18)24-20(26)14(2)28-21(27)19(25)17-7-5-4-6-8-17/h4-14,19,25H,3H2,1-2H3,(H,23,24,26)/t14-,19-/m1/s1. The highest BCUT2D eigenvalue weighted by Gasteiger charge is 2.25. The van der Waals surface area contributed by atoms with Crippen LogP contribution < -0.4 is 5.32 Å². The molecule has 0 fully saturated rings. The summed E-state index contributed by atoms with van der Waals surface area (Å²) in [5.41, 5.74) is 3.37. The van der Waals surface area contributed by atoms with E-state index in [1.807, 2.05) is 29.6 Å². The van der Waals surface area contributed by atoms with Crippen molar-refractivity contribution in [2.75, 3.05) is 5.32 Å². The lowest BCUT2D eigenvalue weighted by molar-refractivity contribution is -0.162. The average molecular weight is 410 g/mol. The second kappa shape index (κ2) is 9.45. The molecule has 0 unspecified atom stereocenters. The number of aliphatic hydroxyl groups excluding tert-OH is 1. The van der Waals surface area contributed by atoms with Gasteiger partial charge in [-0.1, -0.05) is 61.5 Å². The maximum absolute atomic E-state index is 12.3. The smallest absolute Gasteiger partial charge is 0.340 e. The normalized spacial score (nSPS) is 12.8. The highest BCUT2D eigenvalue weighted by atomic mass is 32.1. The van der Waals surface area contributed by atoms with Crippen molar-refractivity contribution >= 4 is 28.3 Å². The van der Waals surface area contributed by atoms with Crippen molar-refractivity contribution in [1.29, 1.82) is 0 Å². The van der Waals surface area contributed by atoms with Crippen molar-refractivity contribution in [3.63, 3.8) is 0 Å². The van der Waals surface area contributed by atoms with Gasteiger partial charge in [0.15, 0.2) is 17.3 Å². The molecule has 2 aromatic carbocycles. The Labute approximate surface area is 173 Å². The fourth-order valence-electron chi connectivity index (χ4n) is 2.65. The lowest BCUT2D eigenvalue weighted by atomic mass is 10.1. The Balaban J connectivity index is 1.58. The fraction of sp³-hybridized carbons (Fsp3) is 0.227. The summed E-state index contributed by atoms with van der Waals surface area (Å²) in [5.74, 6) is -1.39. The molecule has 0 aliphatic rings. The molecular formula is C22H22N2O4S. The van der Waals surface area contributed by atoms with E-state index < -0.39 is 24.1 Å². The van der Waals surface area contributed by atoms with Crippen molar-refractivity contribution in [2.24, 2.45) is 0 Å². The van der Waals surface area contributed by atoms with Crippen LogP contribution in [0.15, 0.2) is 60.0 Å². The quantitative estimate of drug-likeness (QED) is 0.575. The van der Waals surface area contributed by atoms with Gasteiger partial charge in [0.25, 0.3) is 5.91 Å². The van der Waals surface area contributed by atoms with Gasteiger partial charge in [0.1, 0.15) is 0 Å². The first-order valence-corrected chi connectivity index (χ1v) is 10.1. The van der Waals surface area contributed by atoms with E-state index in [9.17, 15) is 14.7 Å². The van der Waals surface area contributed by atoms with Crippen LogP contribution in [0.3, 0.4) is 0 Å². The summed E-state index contributed by atoms with van der Waals surface area (Å²) in [7, 11) is 0. The molecule has 7 heteroatoms. The van der Waals surface area contributed by atoms with E-state index in [0.717, 1.165) is 17.7 Å². The van der Waals surface area contributed by atoms with Gasteiger partial charge in [-0.2, -0.15) is 0 Å². The summed E-state index contributed by atoms with van der Waals surface area (Å²) < 4.78 is 5.09. The van der Waals surface area contributed by atoms with Gasteiger partial charge in [-0.3, -0.25) is 10.1 Å². The van der Waals surface area contributed by atoms with Crippen LogP contribution in [-0.4, -0.2) is 28.1 Å². The Bertz CT molecular complexity index is 970. The number of carbonyl (C=O) groups excluding carboxylic acids is 2. The highest BCUT2D eigenvalue weighted by molar-refractivity contribution is 7.14. The zero-order chi connectivity index (χ0) is 20.8. The molecule has 2 atom stereocenters. The number of hydrogen-bond donors (Lipinski definition) is 2. The lowest BCUT2D eigenvalue weighted by Gasteiger charge is -2.15. The molecule has 3 aromatic rings. The first-order valence-electron chi connectivity index (χ1n) is 9.27. The molecule has 1 amide bonds. The molecule has 0 spiro atoms. The molecule has 3 rings (SSSR count). The molecule has 0 radical (unpaired) electrons. The van der Waals surface area contributed by atoms with E-state index >= 15 is 0 Å². The molecule has 0 bridgehead atoms. The maximum atomic E-state index is 12.3. The third-order valence-corrected chi connectivity index (χ3v) is 5.15. The Morgan fingerprint density at radius 2 is 1.83 bits per heavy atom. The Kier molecular flexibility index (Phi) is 6.74. The van der Waals surface area contributed by atoms with Crippen molar-refractivity contribution in [2.45, 2.75) is 32.5 Å². The highest BCUT2D eigenvalue weighted by Crippen LogP contribution is 2.25. The molecule has 0 aliphatic heterocycles. The van der Waals surface area contributed by atoms with Crippen LogP contribution in [0.2, 0.25) is 0 Å². The molecule has 6 nitrogen and oxygen atoms in total. The van der Waals surface area contributed by atoms with Crippen LogP contribution in [0.1, 0.15) is 31.1 Å². The van der Waals surface area contributed by atoms with E-state index in [1.165, 1.54) is 23.8 Å². The third kappa shape index (κ3) is 5.28. The summed E-state index contributed by atoms with van der Waals surface area (Å²) in [4.78, 5) is 28.8. The van der Waals surface area contributed by atoms with Crippen LogP contribution in [0.4, 0.5) is 5.13 Å². The minimum Gasteiger partial charge on any atom is -0.450 e. The number of aliphatic hydroxyl groups is 1. The number of nitrogens with one attached hydrogen (secondary N) is 1. The van der Waals surface area contributed by atoms with Gasteiger partial charge in [0.2, 0.25) is 0 Å². The van der Waals surface area contributed by atoms with Crippen LogP contribution in [0.5, 0.6) is 0 Å². The van der Waals surface area contributed by atoms with E-state index in [4.69, 9.17) is 4.74 Å². The zero-order valence-electron chi connectivity index (χ0n) is 16.2. The van der Waals surface area contributed by atoms with E-state index in [-0.39, 0.29) is 0 Å². The molecular weight excluding hydrogens is 388 g/mol. The van der Waals surface area contributed by atoms with Crippen LogP contribution in [0, 0.1) is 0 Å². The van der Waals surface area contributed by atoms with Crippen molar-refractivity contribution in [3.05, 3.63) is 71.1 Å². The number of ether oxygens (including phenoxy) is 1. The van der Waals surface area contributed by atoms with Crippen LogP contribution >= 0.6 is 11.3 Å². The van der Waals surface area contributed by atoms with Crippen molar-refractivity contribution in [3.8, 4) is 11.3 Å². The number of benzene rings is 2. The maximum Gasteiger partial charge on any atom is 0.340 e. The number of amides is 1. The van der Waals surface area contributed by atoms with E-state index in [2.05, 4.69) is 17.2 Å². The number of thiazole rings is 1. The topological polar surface area (TPSA) is 88.5 Å². The second-order valence-corrected chi connectivity index (χ2v) is 7.33. The monoisotopic (exact) mass is 410 g/mol. The summed E-state index contributed by atoms with van der Waals surface area (Å²) in [5, 5.41) is 15.0. The zero-order valence-corrected chi connectivity index (χ0v) is 17.0. The SMILES string of the molecule is CCc1ccc(-c2csc(NC(=O)[C@@H](C)OC(=O)[C@H](O)c3ccccc3)n2)cc1. The molecule has 0 saturated carbocycles. The molecule has 0 aliphatic carbocycles. The van der Waals surface area contributed by atoms with Crippen LogP contribution in [-0.2, 0) is 20.7 Å². The number of anilines is 1. The molecule has 1 aromatic heterocycles. The Hall–Kier alpha value is -3.03. The predicted octanol–water partition coefficient (Wildman–Crippen LogP) is 3.98. The molecule has 150 valence electrons. The number of rotatable bonds is 7. The first-order chi connectivity index (χ1) is 14.0. The number of aromatic nitrogens is 1. The van der Waals surface area contributed by atoms with Gasteiger partial charge >= 0.3 is 5.97 Å². The van der Waals surface area contributed by atoms with Gasteiger partial charge in [-0.05, 0) is 24.5 Å². The molecule has 0 saturated heterocycles. The Morgan fingerprint density at radius 3 is 2.48 bits per heavy atom. The predicted molar refractivity (Wildman–Crippen MR) is 113 cm³/mol. The number of hydrogen-bond acceptors (Lipinski definition) is 6. The van der Waals surface area contributed by atoms with E-state index in [0.29, 0.717) is 10.7 Å². The number of esters is 1. The average Bonchev–Trinajstić information content (AvgIpc) is 3.22. The Morgan fingerprint density at radius 1 is 1.14 bits per heavy atom. The number of nitrogens with zero attached hydrogens (tertiary/aromatic N) is 1. The van der Waals surface area contributed by atoms with Gasteiger partial charge in [0.05, 0.1) is 5.69 Å². The van der Waals surface area contributed by atoms with Gasteiger partial charge in [-0.15, -0.1) is 11.3 Å². The van der Waals surface area contributed by atoms with E-state index in [1.54, 1.807) is 30.3 Å². The number of carbonyl (C=O) groups is 2. The minimum atomic E-state index is -1.44. The summed E-state index contributed by atoms with van der Waals surface area (Å²) >= 11 is 1.29. The first kappa shape index (κ1) is 20.7. The van der Waals surface area contributed by atoms with Gasteiger partial charge in [0, 0.05) is 10.9 Å². The molecule has 29 heavy (non-hydrogen) atoms. The fourth-order valence-corrected chi connectivity index (χ4v) is 3.37. The van der Waals surface area contributed by atoms with Gasteiger partial charge < -0.3 is 9.84 Å². The minimum absolute atomic E-state index is 0.406. The largest absolute Gasteiger partial charge is 0.450 e. The van der Waals surface area contributed by atoms with Crippen LogP contribution in [0.25, 0.3) is 11.3 Å². The second-order valence-electron chi connectivity index (χ2n) is 6.47. The summed E-state index contributed by atoms with van der Waals surface area (Å²) in [6.07, 6.45) is -1.55. The third-order valence-electron chi connectivity index (χ3n) is 4.39. The van der Waals surface area contributed by atoms with Gasteiger partial charge in [-0.25, -0.2) is 9.78 Å². The number of aryl methyl sites for hydroxylation is 1. The van der Waals surface area contributed by atoms with Crippen molar-refractivity contribution < 1.29 is 19.4 Å².